The quantitative estimate of drug-likeness (QED) is 0.684. The molecule has 0 saturated carbocycles. The standard InChI is InChI=1S/C18H14BrFN2O3/c1-9-12-7-10(19)3-6-15(12)25-16(9)18(24)22-11-4-5-14(20)13(8-11)17(23)21-2/h3-8H,1-2H3,(H,21,23)(H,22,24). The molecule has 0 bridgehead atoms. The fourth-order valence-electron chi connectivity index (χ4n) is 2.51. The minimum atomic E-state index is -0.665. The second kappa shape index (κ2) is 6.68. The van der Waals surface area contributed by atoms with Gasteiger partial charge in [-0.05, 0) is 43.3 Å². The van der Waals surface area contributed by atoms with Gasteiger partial charge in [-0.1, -0.05) is 15.9 Å². The molecule has 1 aromatic heterocycles. The van der Waals surface area contributed by atoms with Gasteiger partial charge in [-0.2, -0.15) is 0 Å². The van der Waals surface area contributed by atoms with Crippen molar-refractivity contribution >= 4 is 44.4 Å². The number of hydrogen-bond donors (Lipinski definition) is 2. The third kappa shape index (κ3) is 3.28. The van der Waals surface area contributed by atoms with E-state index >= 15 is 0 Å². The number of hydrogen-bond acceptors (Lipinski definition) is 3. The molecule has 128 valence electrons. The third-order valence-corrected chi connectivity index (χ3v) is 4.29. The van der Waals surface area contributed by atoms with Gasteiger partial charge < -0.3 is 15.1 Å². The summed E-state index contributed by atoms with van der Waals surface area (Å²) >= 11 is 3.39. The number of nitrogens with one attached hydrogen (secondary N) is 2. The van der Waals surface area contributed by atoms with Gasteiger partial charge in [0, 0.05) is 28.2 Å². The van der Waals surface area contributed by atoms with Gasteiger partial charge in [-0.15, -0.1) is 0 Å². The summed E-state index contributed by atoms with van der Waals surface area (Å²) < 4.78 is 20.2. The van der Waals surface area contributed by atoms with Gasteiger partial charge in [0.2, 0.25) is 0 Å². The summed E-state index contributed by atoms with van der Waals surface area (Å²) in [6, 6.07) is 9.25. The van der Waals surface area contributed by atoms with E-state index in [0.29, 0.717) is 16.8 Å². The second-order valence-corrected chi connectivity index (χ2v) is 6.34. The number of halogens is 2. The molecule has 5 nitrogen and oxygen atoms in total. The first-order valence-corrected chi connectivity index (χ1v) is 8.21. The van der Waals surface area contributed by atoms with Gasteiger partial charge in [-0.25, -0.2) is 4.39 Å². The highest BCUT2D eigenvalue weighted by Gasteiger charge is 2.19. The summed E-state index contributed by atoms with van der Waals surface area (Å²) in [6.45, 7) is 1.79. The molecule has 0 spiro atoms. The monoisotopic (exact) mass is 404 g/mol. The Bertz CT molecular complexity index is 997. The minimum absolute atomic E-state index is 0.148. The number of furan rings is 1. The number of anilines is 1. The number of rotatable bonds is 3. The van der Waals surface area contributed by atoms with E-state index in [1.54, 1.807) is 13.0 Å². The van der Waals surface area contributed by atoms with Crippen LogP contribution in [0.3, 0.4) is 0 Å². The molecule has 0 fully saturated rings. The van der Waals surface area contributed by atoms with Crippen LogP contribution in [0, 0.1) is 12.7 Å². The van der Waals surface area contributed by atoms with E-state index in [4.69, 9.17) is 4.42 Å². The zero-order valence-corrected chi connectivity index (χ0v) is 15.0. The average Bonchev–Trinajstić information content (AvgIpc) is 2.92. The molecule has 2 amide bonds. The second-order valence-electron chi connectivity index (χ2n) is 5.42. The Morgan fingerprint density at radius 3 is 2.60 bits per heavy atom. The molecule has 2 aromatic carbocycles. The molecular weight excluding hydrogens is 391 g/mol. The van der Waals surface area contributed by atoms with Crippen molar-refractivity contribution < 1.29 is 18.4 Å². The fourth-order valence-corrected chi connectivity index (χ4v) is 2.87. The number of amides is 2. The molecular formula is C18H14BrFN2O3. The summed E-state index contributed by atoms with van der Waals surface area (Å²) in [6.07, 6.45) is 0. The van der Waals surface area contributed by atoms with Crippen molar-refractivity contribution in [2.45, 2.75) is 6.92 Å². The van der Waals surface area contributed by atoms with Gasteiger partial charge in [0.05, 0.1) is 5.56 Å². The van der Waals surface area contributed by atoms with Crippen LogP contribution in [0.15, 0.2) is 45.3 Å². The van der Waals surface area contributed by atoms with Crippen molar-refractivity contribution in [2.75, 3.05) is 12.4 Å². The Morgan fingerprint density at radius 2 is 1.88 bits per heavy atom. The maximum Gasteiger partial charge on any atom is 0.291 e. The van der Waals surface area contributed by atoms with Crippen LogP contribution in [-0.2, 0) is 0 Å². The summed E-state index contributed by atoms with van der Waals surface area (Å²) in [5.74, 6) is -1.54. The topological polar surface area (TPSA) is 71.3 Å². The fraction of sp³-hybridized carbons (Fsp3) is 0.111. The van der Waals surface area contributed by atoms with Crippen LogP contribution >= 0.6 is 15.9 Å². The first kappa shape index (κ1) is 17.2. The molecule has 1 heterocycles. The van der Waals surface area contributed by atoms with Gasteiger partial charge in [-0.3, -0.25) is 9.59 Å². The molecule has 0 unspecified atom stereocenters. The maximum atomic E-state index is 13.7. The van der Waals surface area contributed by atoms with E-state index in [9.17, 15) is 14.0 Å². The van der Waals surface area contributed by atoms with Crippen LogP contribution in [0.1, 0.15) is 26.5 Å². The first-order valence-electron chi connectivity index (χ1n) is 7.42. The molecule has 3 aromatic rings. The molecule has 0 atom stereocenters. The highest BCUT2D eigenvalue weighted by atomic mass is 79.9. The first-order chi connectivity index (χ1) is 11.9. The van der Waals surface area contributed by atoms with Gasteiger partial charge in [0.15, 0.2) is 5.76 Å². The van der Waals surface area contributed by atoms with Gasteiger partial charge >= 0.3 is 0 Å². The highest BCUT2D eigenvalue weighted by Crippen LogP contribution is 2.28. The van der Waals surface area contributed by atoms with E-state index in [1.807, 2.05) is 12.1 Å². The van der Waals surface area contributed by atoms with Gasteiger partial charge in [0.1, 0.15) is 11.4 Å². The molecule has 0 aliphatic rings. The molecule has 0 saturated heterocycles. The van der Waals surface area contributed by atoms with E-state index in [0.717, 1.165) is 15.9 Å². The Morgan fingerprint density at radius 1 is 1.12 bits per heavy atom. The number of carbonyl (C=O) groups excluding carboxylic acids is 2. The van der Waals surface area contributed by atoms with Crippen LogP contribution in [0.4, 0.5) is 10.1 Å². The number of fused-ring (bicyclic) bond motifs is 1. The zero-order valence-electron chi connectivity index (χ0n) is 13.4. The highest BCUT2D eigenvalue weighted by molar-refractivity contribution is 9.10. The summed E-state index contributed by atoms with van der Waals surface area (Å²) in [5.41, 5.74) is 1.44. The van der Waals surface area contributed by atoms with Crippen molar-refractivity contribution in [3.05, 3.63) is 63.6 Å². The Balaban J connectivity index is 1.93. The average molecular weight is 405 g/mol. The lowest BCUT2D eigenvalue weighted by Gasteiger charge is -2.07. The van der Waals surface area contributed by atoms with E-state index in [-0.39, 0.29) is 11.3 Å². The Labute approximate surface area is 151 Å². The van der Waals surface area contributed by atoms with Crippen molar-refractivity contribution in [3.8, 4) is 0 Å². The Kier molecular flexibility index (Phi) is 4.59. The van der Waals surface area contributed by atoms with Crippen LogP contribution in [0.2, 0.25) is 0 Å². The lowest BCUT2D eigenvalue weighted by atomic mass is 10.1. The van der Waals surface area contributed by atoms with Crippen LogP contribution in [0.5, 0.6) is 0 Å². The molecule has 0 aliphatic heterocycles. The molecule has 0 aliphatic carbocycles. The van der Waals surface area contributed by atoms with E-state index in [1.165, 1.54) is 19.2 Å². The largest absolute Gasteiger partial charge is 0.451 e. The van der Waals surface area contributed by atoms with E-state index < -0.39 is 17.6 Å². The van der Waals surface area contributed by atoms with E-state index in [2.05, 4.69) is 26.6 Å². The van der Waals surface area contributed by atoms with Crippen LogP contribution in [-0.4, -0.2) is 18.9 Å². The zero-order chi connectivity index (χ0) is 18.1. The summed E-state index contributed by atoms with van der Waals surface area (Å²) in [7, 11) is 1.41. The summed E-state index contributed by atoms with van der Waals surface area (Å²) in [4.78, 5) is 24.2. The lowest BCUT2D eigenvalue weighted by Crippen LogP contribution is -2.20. The molecule has 25 heavy (non-hydrogen) atoms. The molecule has 2 N–H and O–H groups in total. The molecule has 3 rings (SSSR count). The van der Waals surface area contributed by atoms with Crippen LogP contribution in [0.25, 0.3) is 11.0 Å². The SMILES string of the molecule is CNC(=O)c1cc(NC(=O)c2oc3ccc(Br)cc3c2C)ccc1F. The van der Waals surface area contributed by atoms with Crippen molar-refractivity contribution in [1.82, 2.24) is 5.32 Å². The smallest absolute Gasteiger partial charge is 0.291 e. The minimum Gasteiger partial charge on any atom is -0.451 e. The predicted octanol–water partition coefficient (Wildman–Crippen LogP) is 4.25. The summed E-state index contributed by atoms with van der Waals surface area (Å²) in [5, 5.41) is 5.81. The number of aryl methyl sites for hydroxylation is 1. The maximum absolute atomic E-state index is 13.7. The Hall–Kier alpha value is -2.67. The van der Waals surface area contributed by atoms with Crippen LogP contribution < -0.4 is 10.6 Å². The normalized spacial score (nSPS) is 10.7. The van der Waals surface area contributed by atoms with Crippen molar-refractivity contribution in [1.29, 1.82) is 0 Å². The van der Waals surface area contributed by atoms with Crippen molar-refractivity contribution in [3.63, 3.8) is 0 Å². The van der Waals surface area contributed by atoms with Crippen molar-refractivity contribution in [2.24, 2.45) is 0 Å². The molecule has 0 radical (unpaired) electrons. The number of benzene rings is 2. The molecule has 7 heteroatoms. The third-order valence-electron chi connectivity index (χ3n) is 3.80. The van der Waals surface area contributed by atoms with Gasteiger partial charge in [0.25, 0.3) is 11.8 Å². The number of carbonyl (C=O) groups is 2. The lowest BCUT2D eigenvalue weighted by molar-refractivity contribution is 0.0956. The predicted molar refractivity (Wildman–Crippen MR) is 96.4 cm³/mol.